The molecule has 0 saturated heterocycles. The van der Waals surface area contributed by atoms with Gasteiger partial charge in [-0.15, -0.1) is 0 Å². The molecule has 0 spiro atoms. The average molecular weight is 401 g/mol. The van der Waals surface area contributed by atoms with Crippen LogP contribution in [0.5, 0.6) is 0 Å². The highest BCUT2D eigenvalue weighted by Crippen LogP contribution is 2.36. The molecule has 2 aromatic rings. The van der Waals surface area contributed by atoms with Gasteiger partial charge < -0.3 is 5.32 Å². The van der Waals surface area contributed by atoms with E-state index >= 15 is 0 Å². The lowest BCUT2D eigenvalue weighted by atomic mass is 10.2. The number of aliphatic imine (C=N–C) groups is 1. The van der Waals surface area contributed by atoms with E-state index in [1.807, 2.05) is 0 Å². The van der Waals surface area contributed by atoms with Gasteiger partial charge >= 0.3 is 12.2 Å². The molecule has 0 atom stereocenters. The summed E-state index contributed by atoms with van der Waals surface area (Å²) >= 11 is 5.54. The van der Waals surface area contributed by atoms with Crippen LogP contribution in [-0.4, -0.2) is 19.4 Å². The Hall–Kier alpha value is -2.98. The number of carbonyl (C=O) groups is 1. The van der Waals surface area contributed by atoms with Crippen LogP contribution in [0.1, 0.15) is 5.56 Å². The summed E-state index contributed by atoms with van der Waals surface area (Å²) in [6.45, 7) is 0. The van der Waals surface area contributed by atoms with Crippen molar-refractivity contribution in [2.45, 2.75) is 6.18 Å². The molecule has 11 heteroatoms. The lowest BCUT2D eigenvalue weighted by Crippen LogP contribution is -2.34. The van der Waals surface area contributed by atoms with Gasteiger partial charge in [-0.25, -0.2) is 10.6 Å². The minimum atomic E-state index is -4.63. The maximum atomic E-state index is 12.8. The number of hydrazine groups is 2. The van der Waals surface area contributed by atoms with E-state index in [0.717, 1.165) is 12.1 Å². The number of alkyl halides is 3. The third kappa shape index (κ3) is 5.76. The first-order valence-electron chi connectivity index (χ1n) is 7.46. The number of carbonyl (C=O) groups excluding carboxylic acids is 1. The summed E-state index contributed by atoms with van der Waals surface area (Å²) < 4.78 is 38.5. The Bertz CT molecular complexity index is 843. The Morgan fingerprint density at radius 1 is 1.22 bits per heavy atom. The zero-order valence-electron chi connectivity index (χ0n) is 14.0. The zero-order valence-corrected chi connectivity index (χ0v) is 14.8. The molecule has 144 valence electrons. The Labute approximate surface area is 157 Å². The topological polar surface area (TPSA) is 94.8 Å². The van der Waals surface area contributed by atoms with E-state index in [-0.39, 0.29) is 5.69 Å². The quantitative estimate of drug-likeness (QED) is 0.265. The standard InChI is InChI=1S/C16H16ClF3N6O/c1-22-9-26(21)12-4-2-3-11(7-12)24-25-15(27)23-10-5-6-14(17)13(8-10)16(18,19)20/h2-9,24H,21H2,1H3,(H2,23,25,27). The minimum absolute atomic E-state index is 0.0629. The number of nitrogens with one attached hydrogen (secondary N) is 3. The fraction of sp³-hybridized carbons (Fsp3) is 0.125. The summed E-state index contributed by atoms with van der Waals surface area (Å²) in [5, 5.41) is 3.10. The minimum Gasteiger partial charge on any atom is -0.307 e. The molecule has 2 amide bonds. The van der Waals surface area contributed by atoms with Gasteiger partial charge in [0.2, 0.25) is 0 Å². The number of rotatable bonds is 5. The third-order valence-corrected chi connectivity index (χ3v) is 3.56. The van der Waals surface area contributed by atoms with E-state index in [2.05, 4.69) is 21.2 Å². The maximum Gasteiger partial charge on any atom is 0.417 e. The molecule has 0 aliphatic rings. The number of nitrogens with two attached hydrogens (primary N) is 1. The monoisotopic (exact) mass is 400 g/mol. The molecule has 5 N–H and O–H groups in total. The summed E-state index contributed by atoms with van der Waals surface area (Å²) in [5.74, 6) is 5.75. The number of urea groups is 1. The summed E-state index contributed by atoms with van der Waals surface area (Å²) in [6, 6.07) is 9.00. The van der Waals surface area contributed by atoms with Gasteiger partial charge in [-0.2, -0.15) is 13.2 Å². The number of halogens is 4. The first-order valence-corrected chi connectivity index (χ1v) is 7.84. The van der Waals surface area contributed by atoms with Crippen molar-refractivity contribution in [2.24, 2.45) is 10.8 Å². The molecule has 0 aromatic heterocycles. The van der Waals surface area contributed by atoms with E-state index in [1.54, 1.807) is 31.3 Å². The second-order valence-corrected chi connectivity index (χ2v) is 5.63. The molecule has 0 aliphatic heterocycles. The maximum absolute atomic E-state index is 12.8. The van der Waals surface area contributed by atoms with Crippen molar-refractivity contribution >= 4 is 41.0 Å². The van der Waals surface area contributed by atoms with Crippen LogP contribution in [0.4, 0.5) is 35.0 Å². The van der Waals surface area contributed by atoms with Crippen LogP contribution in [0, 0.1) is 0 Å². The zero-order chi connectivity index (χ0) is 20.0. The van der Waals surface area contributed by atoms with Crippen LogP contribution in [0.15, 0.2) is 47.5 Å². The van der Waals surface area contributed by atoms with Crippen LogP contribution in [0.25, 0.3) is 0 Å². The van der Waals surface area contributed by atoms with Crippen molar-refractivity contribution < 1.29 is 18.0 Å². The van der Waals surface area contributed by atoms with Gasteiger partial charge in [0.15, 0.2) is 0 Å². The van der Waals surface area contributed by atoms with Crippen LogP contribution < -0.4 is 27.0 Å². The van der Waals surface area contributed by atoms with Gasteiger partial charge in [0.25, 0.3) is 0 Å². The molecule has 0 radical (unpaired) electrons. The lowest BCUT2D eigenvalue weighted by molar-refractivity contribution is -0.137. The highest BCUT2D eigenvalue weighted by Gasteiger charge is 2.33. The highest BCUT2D eigenvalue weighted by molar-refractivity contribution is 6.31. The SMILES string of the molecule is CN=CN(N)c1cccc(NNC(=O)Nc2ccc(Cl)c(C(F)(F)F)c2)c1. The molecule has 27 heavy (non-hydrogen) atoms. The Morgan fingerprint density at radius 2 is 1.96 bits per heavy atom. The summed E-state index contributed by atoms with van der Waals surface area (Å²) in [6.07, 6.45) is -3.22. The molecule has 0 unspecified atom stereocenters. The molecular weight excluding hydrogens is 385 g/mol. The molecule has 0 aliphatic carbocycles. The van der Waals surface area contributed by atoms with Gasteiger partial charge in [-0.1, -0.05) is 17.7 Å². The first kappa shape index (κ1) is 20.3. The Balaban J connectivity index is 2.00. The number of benzene rings is 2. The second-order valence-electron chi connectivity index (χ2n) is 5.23. The molecule has 7 nitrogen and oxygen atoms in total. The predicted octanol–water partition coefficient (Wildman–Crippen LogP) is 3.85. The van der Waals surface area contributed by atoms with Crippen LogP contribution in [0.3, 0.4) is 0 Å². The van der Waals surface area contributed by atoms with Crippen molar-refractivity contribution in [1.29, 1.82) is 0 Å². The molecular formula is C16H16ClF3N6O. The second kappa shape index (κ2) is 8.60. The summed E-state index contributed by atoms with van der Waals surface area (Å²) in [7, 11) is 1.56. The fourth-order valence-electron chi connectivity index (χ4n) is 2.05. The van der Waals surface area contributed by atoms with Gasteiger partial charge in [0.1, 0.15) is 6.34 Å². The number of hydrogen-bond acceptors (Lipinski definition) is 4. The summed E-state index contributed by atoms with van der Waals surface area (Å²) in [4.78, 5) is 15.7. The first-order chi connectivity index (χ1) is 12.7. The normalized spacial score (nSPS) is 11.3. The van der Waals surface area contributed by atoms with Gasteiger partial charge in [-0.05, 0) is 36.4 Å². The van der Waals surface area contributed by atoms with Crippen molar-refractivity contribution in [1.82, 2.24) is 5.43 Å². The van der Waals surface area contributed by atoms with Gasteiger partial charge in [-0.3, -0.25) is 20.9 Å². The molecule has 0 bridgehead atoms. The van der Waals surface area contributed by atoms with Crippen LogP contribution in [-0.2, 0) is 6.18 Å². The molecule has 2 aromatic carbocycles. The van der Waals surface area contributed by atoms with Crippen molar-refractivity contribution in [3.63, 3.8) is 0 Å². The smallest absolute Gasteiger partial charge is 0.307 e. The highest BCUT2D eigenvalue weighted by atomic mass is 35.5. The largest absolute Gasteiger partial charge is 0.417 e. The molecule has 0 saturated carbocycles. The molecule has 0 heterocycles. The molecule has 0 fully saturated rings. The van der Waals surface area contributed by atoms with Gasteiger partial charge in [0.05, 0.1) is 22.0 Å². The van der Waals surface area contributed by atoms with E-state index in [9.17, 15) is 18.0 Å². The number of nitrogens with zero attached hydrogens (tertiary/aromatic N) is 2. The van der Waals surface area contributed by atoms with E-state index in [0.29, 0.717) is 11.4 Å². The van der Waals surface area contributed by atoms with Crippen LogP contribution in [0.2, 0.25) is 5.02 Å². The van der Waals surface area contributed by atoms with Crippen molar-refractivity contribution in [2.75, 3.05) is 22.8 Å². The average Bonchev–Trinajstić information content (AvgIpc) is 2.61. The van der Waals surface area contributed by atoms with Gasteiger partial charge in [0, 0.05) is 12.7 Å². The van der Waals surface area contributed by atoms with Crippen molar-refractivity contribution in [3.8, 4) is 0 Å². The predicted molar refractivity (Wildman–Crippen MR) is 99.8 cm³/mol. The van der Waals surface area contributed by atoms with Crippen molar-refractivity contribution in [3.05, 3.63) is 53.1 Å². The van der Waals surface area contributed by atoms with E-state index < -0.39 is 22.8 Å². The number of amides is 2. The fourth-order valence-corrected chi connectivity index (χ4v) is 2.27. The molecule has 2 rings (SSSR count). The number of anilines is 3. The Morgan fingerprint density at radius 3 is 2.63 bits per heavy atom. The number of hydrogen-bond donors (Lipinski definition) is 4. The van der Waals surface area contributed by atoms with Crippen LogP contribution >= 0.6 is 11.6 Å². The lowest BCUT2D eigenvalue weighted by Gasteiger charge is -2.15. The van der Waals surface area contributed by atoms with E-state index in [4.69, 9.17) is 17.4 Å². The Kier molecular flexibility index (Phi) is 6.48. The summed E-state index contributed by atoms with van der Waals surface area (Å²) in [5.41, 5.74) is 4.92. The van der Waals surface area contributed by atoms with E-state index in [1.165, 1.54) is 17.4 Å². The third-order valence-electron chi connectivity index (χ3n) is 3.23.